The molecule has 0 aliphatic carbocycles. The molecule has 2 aromatic carbocycles. The van der Waals surface area contributed by atoms with Crippen molar-refractivity contribution in [3.63, 3.8) is 0 Å². The lowest BCUT2D eigenvalue weighted by Crippen LogP contribution is -2.24. The van der Waals surface area contributed by atoms with Crippen molar-refractivity contribution < 1.29 is 19.1 Å². The molecular formula is C19H17N3O4. The maximum Gasteiger partial charge on any atom is 0.335 e. The molecule has 1 heterocycles. The van der Waals surface area contributed by atoms with E-state index < -0.39 is 5.97 Å². The van der Waals surface area contributed by atoms with E-state index in [0.29, 0.717) is 23.8 Å². The van der Waals surface area contributed by atoms with E-state index >= 15 is 0 Å². The standard InChI is InChI=1S/C19H17N3O4/c1-3-16(23)22(2)15-10-8-13(9-11-15)18-21-20-17(26-18)12-4-6-14(7-5-12)19(24)25/h4-11H,3H2,1-2H3,(H,24,25). The maximum absolute atomic E-state index is 11.7. The lowest BCUT2D eigenvalue weighted by atomic mass is 10.1. The summed E-state index contributed by atoms with van der Waals surface area (Å²) in [6.45, 7) is 1.82. The molecule has 132 valence electrons. The van der Waals surface area contributed by atoms with Crippen LogP contribution in [0.15, 0.2) is 52.9 Å². The second-order valence-corrected chi connectivity index (χ2v) is 5.65. The summed E-state index contributed by atoms with van der Waals surface area (Å²) in [5.41, 5.74) is 2.34. The van der Waals surface area contributed by atoms with Crippen LogP contribution in [0.1, 0.15) is 23.7 Å². The Kier molecular flexibility index (Phi) is 4.79. The van der Waals surface area contributed by atoms with Gasteiger partial charge >= 0.3 is 5.97 Å². The van der Waals surface area contributed by atoms with E-state index in [2.05, 4.69) is 10.2 Å². The molecule has 0 aliphatic rings. The summed E-state index contributed by atoms with van der Waals surface area (Å²) in [6, 6.07) is 13.4. The van der Waals surface area contributed by atoms with E-state index in [1.807, 2.05) is 19.1 Å². The van der Waals surface area contributed by atoms with Gasteiger partial charge in [0.15, 0.2) is 0 Å². The van der Waals surface area contributed by atoms with Gasteiger partial charge in [-0.05, 0) is 48.5 Å². The third kappa shape index (κ3) is 3.46. The second-order valence-electron chi connectivity index (χ2n) is 5.65. The first-order valence-electron chi connectivity index (χ1n) is 8.04. The van der Waals surface area contributed by atoms with Gasteiger partial charge in [0.25, 0.3) is 0 Å². The smallest absolute Gasteiger partial charge is 0.335 e. The van der Waals surface area contributed by atoms with Crippen LogP contribution < -0.4 is 4.90 Å². The number of carbonyl (C=O) groups excluding carboxylic acids is 1. The van der Waals surface area contributed by atoms with Crippen LogP contribution in [0, 0.1) is 0 Å². The van der Waals surface area contributed by atoms with Crippen LogP contribution in [-0.4, -0.2) is 34.2 Å². The van der Waals surface area contributed by atoms with Gasteiger partial charge in [0, 0.05) is 30.3 Å². The zero-order valence-corrected chi connectivity index (χ0v) is 14.3. The summed E-state index contributed by atoms with van der Waals surface area (Å²) in [4.78, 5) is 24.2. The fourth-order valence-electron chi connectivity index (χ4n) is 2.42. The first-order valence-corrected chi connectivity index (χ1v) is 8.04. The SMILES string of the molecule is CCC(=O)N(C)c1ccc(-c2nnc(-c3ccc(C(=O)O)cc3)o2)cc1. The molecule has 0 bridgehead atoms. The van der Waals surface area contributed by atoms with Crippen LogP contribution in [0.25, 0.3) is 22.9 Å². The van der Waals surface area contributed by atoms with Gasteiger partial charge in [0.05, 0.1) is 5.56 Å². The lowest BCUT2D eigenvalue weighted by Gasteiger charge is -2.16. The molecule has 0 fully saturated rings. The molecule has 1 aromatic heterocycles. The number of rotatable bonds is 5. The van der Waals surface area contributed by atoms with Crippen molar-refractivity contribution in [2.75, 3.05) is 11.9 Å². The Labute approximate surface area is 149 Å². The van der Waals surface area contributed by atoms with Crippen molar-refractivity contribution in [2.24, 2.45) is 0 Å². The van der Waals surface area contributed by atoms with E-state index in [1.54, 1.807) is 36.2 Å². The fourth-order valence-corrected chi connectivity index (χ4v) is 2.42. The van der Waals surface area contributed by atoms with E-state index in [4.69, 9.17) is 9.52 Å². The molecule has 1 N–H and O–H groups in total. The van der Waals surface area contributed by atoms with Crippen molar-refractivity contribution in [2.45, 2.75) is 13.3 Å². The Balaban J connectivity index is 1.81. The molecule has 0 unspecified atom stereocenters. The highest BCUT2D eigenvalue weighted by atomic mass is 16.4. The van der Waals surface area contributed by atoms with Crippen molar-refractivity contribution in [1.82, 2.24) is 10.2 Å². The Hall–Kier alpha value is -3.48. The highest BCUT2D eigenvalue weighted by Crippen LogP contribution is 2.26. The number of benzene rings is 2. The molecular weight excluding hydrogens is 334 g/mol. The Morgan fingerprint density at radius 1 is 0.962 bits per heavy atom. The molecule has 0 saturated heterocycles. The number of aromatic nitrogens is 2. The van der Waals surface area contributed by atoms with Crippen molar-refractivity contribution in [1.29, 1.82) is 0 Å². The van der Waals surface area contributed by atoms with E-state index in [9.17, 15) is 9.59 Å². The van der Waals surface area contributed by atoms with Gasteiger partial charge in [0.1, 0.15) is 0 Å². The number of carboxylic acids is 1. The zero-order valence-electron chi connectivity index (χ0n) is 14.3. The Bertz CT molecular complexity index is 930. The number of hydrogen-bond acceptors (Lipinski definition) is 5. The Morgan fingerprint density at radius 2 is 1.46 bits per heavy atom. The average molecular weight is 351 g/mol. The molecule has 0 spiro atoms. The summed E-state index contributed by atoms with van der Waals surface area (Å²) in [7, 11) is 1.73. The predicted octanol–water partition coefficient (Wildman–Crippen LogP) is 3.47. The lowest BCUT2D eigenvalue weighted by molar-refractivity contribution is -0.118. The predicted molar refractivity (Wildman–Crippen MR) is 95.8 cm³/mol. The largest absolute Gasteiger partial charge is 0.478 e. The average Bonchev–Trinajstić information content (AvgIpc) is 3.17. The zero-order chi connectivity index (χ0) is 18.7. The summed E-state index contributed by atoms with van der Waals surface area (Å²) in [5.74, 6) is -0.311. The highest BCUT2D eigenvalue weighted by molar-refractivity contribution is 5.92. The van der Waals surface area contributed by atoms with E-state index in [0.717, 1.165) is 11.3 Å². The molecule has 26 heavy (non-hydrogen) atoms. The third-order valence-corrected chi connectivity index (χ3v) is 3.98. The van der Waals surface area contributed by atoms with Crippen LogP contribution in [-0.2, 0) is 4.79 Å². The summed E-state index contributed by atoms with van der Waals surface area (Å²) in [5, 5.41) is 17.0. The molecule has 3 rings (SSSR count). The quantitative estimate of drug-likeness (QED) is 0.756. The number of aromatic carboxylic acids is 1. The normalized spacial score (nSPS) is 10.5. The van der Waals surface area contributed by atoms with Crippen LogP contribution >= 0.6 is 0 Å². The molecule has 3 aromatic rings. The van der Waals surface area contributed by atoms with Crippen molar-refractivity contribution in [3.8, 4) is 22.9 Å². The van der Waals surface area contributed by atoms with Gasteiger partial charge in [0.2, 0.25) is 17.7 Å². The molecule has 0 aliphatic heterocycles. The molecule has 7 heteroatoms. The molecule has 1 amide bonds. The molecule has 0 saturated carbocycles. The maximum atomic E-state index is 11.7. The van der Waals surface area contributed by atoms with Gasteiger partial charge in [-0.1, -0.05) is 6.92 Å². The minimum atomic E-state index is -0.991. The van der Waals surface area contributed by atoms with E-state index in [-0.39, 0.29) is 11.5 Å². The van der Waals surface area contributed by atoms with Crippen molar-refractivity contribution in [3.05, 3.63) is 54.1 Å². The topological polar surface area (TPSA) is 96.5 Å². The molecule has 7 nitrogen and oxygen atoms in total. The first-order chi connectivity index (χ1) is 12.5. The number of carboxylic acid groups (broad SMARTS) is 1. The number of hydrogen-bond donors (Lipinski definition) is 1. The summed E-state index contributed by atoms with van der Waals surface area (Å²) >= 11 is 0. The first kappa shape index (κ1) is 17.3. The van der Waals surface area contributed by atoms with Crippen molar-refractivity contribution >= 4 is 17.6 Å². The van der Waals surface area contributed by atoms with Gasteiger partial charge in [-0.2, -0.15) is 0 Å². The summed E-state index contributed by atoms with van der Waals surface area (Å²) < 4.78 is 5.67. The van der Waals surface area contributed by atoms with Crippen LogP contribution in [0.2, 0.25) is 0 Å². The third-order valence-electron chi connectivity index (χ3n) is 3.98. The fraction of sp³-hybridized carbons (Fsp3) is 0.158. The number of amides is 1. The monoisotopic (exact) mass is 351 g/mol. The summed E-state index contributed by atoms with van der Waals surface area (Å²) in [6.07, 6.45) is 0.436. The van der Waals surface area contributed by atoms with Gasteiger partial charge < -0.3 is 14.4 Å². The molecule has 0 atom stereocenters. The number of carbonyl (C=O) groups is 2. The number of nitrogens with zero attached hydrogens (tertiary/aromatic N) is 3. The minimum absolute atomic E-state index is 0.0302. The minimum Gasteiger partial charge on any atom is -0.478 e. The van der Waals surface area contributed by atoms with Gasteiger partial charge in [-0.15, -0.1) is 10.2 Å². The second kappa shape index (κ2) is 7.18. The highest BCUT2D eigenvalue weighted by Gasteiger charge is 2.13. The van der Waals surface area contributed by atoms with E-state index in [1.165, 1.54) is 12.1 Å². The Morgan fingerprint density at radius 3 is 1.92 bits per heavy atom. The van der Waals surface area contributed by atoms with Crippen LogP contribution in [0.5, 0.6) is 0 Å². The van der Waals surface area contributed by atoms with Crippen LogP contribution in [0.3, 0.4) is 0 Å². The molecule has 0 radical (unpaired) electrons. The van der Waals surface area contributed by atoms with Gasteiger partial charge in [-0.25, -0.2) is 4.79 Å². The van der Waals surface area contributed by atoms with Crippen LogP contribution in [0.4, 0.5) is 5.69 Å². The number of anilines is 1. The van der Waals surface area contributed by atoms with Gasteiger partial charge in [-0.3, -0.25) is 4.79 Å².